The van der Waals surface area contributed by atoms with Crippen LogP contribution in [0.3, 0.4) is 0 Å². The molecule has 0 radical (unpaired) electrons. The van der Waals surface area contributed by atoms with Gasteiger partial charge in [0.25, 0.3) is 0 Å². The number of aryl methyl sites for hydroxylation is 1. The fourth-order valence-electron chi connectivity index (χ4n) is 9.06. The molecule has 4 aliphatic rings. The van der Waals surface area contributed by atoms with Gasteiger partial charge in [0.2, 0.25) is 29.7 Å². The number of nitrogens with zero attached hydrogens (tertiary/aromatic N) is 13. The fourth-order valence-corrected chi connectivity index (χ4v) is 9.06. The van der Waals surface area contributed by atoms with Gasteiger partial charge in [-0.3, -0.25) is 14.4 Å². The van der Waals surface area contributed by atoms with E-state index in [1.807, 2.05) is 23.6 Å². The molecule has 0 spiro atoms. The number of nitrogens with two attached hydrogens (primary N) is 1. The summed E-state index contributed by atoms with van der Waals surface area (Å²) in [6.07, 6.45) is 6.34. The van der Waals surface area contributed by atoms with Crippen molar-refractivity contribution in [2.24, 2.45) is 11.7 Å². The van der Waals surface area contributed by atoms with E-state index < -0.39 is 12.0 Å². The molecule has 71 heavy (non-hydrogen) atoms. The molecular formula is C48H55N15O8. The lowest BCUT2D eigenvalue weighted by molar-refractivity contribution is -0.137. The summed E-state index contributed by atoms with van der Waals surface area (Å²) in [6.45, 7) is 7.58. The number of piperazine rings is 2. The molecule has 6 N–H and O–H groups in total. The van der Waals surface area contributed by atoms with Crippen LogP contribution in [0.2, 0.25) is 0 Å². The number of aromatic carboxylic acids is 1. The van der Waals surface area contributed by atoms with Gasteiger partial charge in [-0.15, -0.1) is 10.2 Å². The number of carboxylic acids is 1. The molecule has 1 aliphatic carbocycles. The maximum absolute atomic E-state index is 14.0. The molecule has 2 fully saturated rings. The average molecular weight is 970 g/mol. The zero-order chi connectivity index (χ0) is 49.8. The Labute approximate surface area is 406 Å². The van der Waals surface area contributed by atoms with Crippen molar-refractivity contribution in [1.29, 1.82) is 0 Å². The van der Waals surface area contributed by atoms with Crippen LogP contribution in [0.1, 0.15) is 54.5 Å². The zero-order valence-electron chi connectivity index (χ0n) is 39.4. The Hall–Kier alpha value is -8.05. The van der Waals surface area contributed by atoms with Gasteiger partial charge in [0.1, 0.15) is 29.7 Å². The highest BCUT2D eigenvalue weighted by Gasteiger charge is 2.33. The number of anilines is 4. The number of rotatable bonds is 17. The van der Waals surface area contributed by atoms with Crippen LogP contribution in [0.15, 0.2) is 76.2 Å². The van der Waals surface area contributed by atoms with Crippen molar-refractivity contribution in [2.75, 3.05) is 80.6 Å². The SMILES string of the molecule is CC(C)[C@@H](C(=O)N1CCN(c2nc(Nc3ccc(-c4c5ccc(=O)cc-5oc5cc(O)ccc45)c(C(=O)O)c3)nc(N3CCN(C(=O)Cn4cc(CCCCN)nn4)CC3)n2)CC1)n1cc(CCO)nn1. The number of carbonyl (C=O) groups is 3. The zero-order valence-corrected chi connectivity index (χ0v) is 39.4. The molecule has 6 heterocycles. The summed E-state index contributed by atoms with van der Waals surface area (Å²) in [5, 5.41) is 50.9. The summed E-state index contributed by atoms with van der Waals surface area (Å²) in [4.78, 5) is 75.1. The highest BCUT2D eigenvalue weighted by molar-refractivity contribution is 6.08. The summed E-state index contributed by atoms with van der Waals surface area (Å²) in [5.41, 5.74) is 8.65. The minimum atomic E-state index is -1.22. The lowest BCUT2D eigenvalue weighted by Crippen LogP contribution is -2.52. The summed E-state index contributed by atoms with van der Waals surface area (Å²) in [6, 6.07) is 13.1. The number of aliphatic hydroxyl groups excluding tert-OH is 1. The molecule has 9 rings (SSSR count). The maximum atomic E-state index is 14.0. The van der Waals surface area contributed by atoms with Crippen molar-refractivity contribution in [3.8, 4) is 28.2 Å². The third-order valence-corrected chi connectivity index (χ3v) is 12.7. The van der Waals surface area contributed by atoms with E-state index in [0.717, 1.165) is 25.0 Å². The summed E-state index contributed by atoms with van der Waals surface area (Å²) >= 11 is 0. The maximum Gasteiger partial charge on any atom is 0.336 e. The number of fused-ring (bicyclic) bond motifs is 2. The van der Waals surface area contributed by atoms with Crippen molar-refractivity contribution in [3.05, 3.63) is 94.2 Å². The predicted octanol–water partition coefficient (Wildman–Crippen LogP) is 2.79. The third kappa shape index (κ3) is 10.6. The number of phenolic OH excluding ortho intramolecular Hbond substituents is 1. The van der Waals surface area contributed by atoms with Crippen LogP contribution >= 0.6 is 0 Å². The van der Waals surface area contributed by atoms with E-state index in [9.17, 15) is 34.5 Å². The van der Waals surface area contributed by atoms with Crippen molar-refractivity contribution >= 4 is 52.3 Å². The molecule has 1 atom stereocenters. The highest BCUT2D eigenvalue weighted by atomic mass is 16.4. The van der Waals surface area contributed by atoms with Gasteiger partial charge in [0.15, 0.2) is 5.43 Å². The second-order valence-electron chi connectivity index (χ2n) is 18.0. The molecule has 370 valence electrons. The molecule has 23 heteroatoms. The number of amides is 2. The molecule has 5 aromatic rings. The molecule has 2 amide bonds. The van der Waals surface area contributed by atoms with E-state index in [1.165, 1.54) is 30.3 Å². The minimum Gasteiger partial charge on any atom is -0.508 e. The molecule has 3 aromatic heterocycles. The van der Waals surface area contributed by atoms with Gasteiger partial charge >= 0.3 is 5.97 Å². The topological polar surface area (TPSA) is 293 Å². The van der Waals surface area contributed by atoms with Crippen LogP contribution in [0, 0.1) is 5.92 Å². The number of phenols is 1. The number of carbonyl (C=O) groups excluding carboxylic acids is 2. The minimum absolute atomic E-state index is 0.0533. The van der Waals surface area contributed by atoms with Crippen LogP contribution in [0.4, 0.5) is 23.5 Å². The third-order valence-electron chi connectivity index (χ3n) is 12.7. The van der Waals surface area contributed by atoms with Crippen LogP contribution in [0.5, 0.6) is 5.75 Å². The first-order valence-electron chi connectivity index (χ1n) is 23.6. The quantitative estimate of drug-likeness (QED) is 0.0647. The van der Waals surface area contributed by atoms with Gasteiger partial charge < -0.3 is 50.4 Å². The number of benzene rings is 3. The number of carboxylic acid groups (broad SMARTS) is 1. The Balaban J connectivity index is 0.983. The second kappa shape index (κ2) is 20.9. The highest BCUT2D eigenvalue weighted by Crippen LogP contribution is 2.42. The van der Waals surface area contributed by atoms with Crippen LogP contribution < -0.4 is 26.3 Å². The normalized spacial score (nSPS) is 14.7. The number of aliphatic hydroxyl groups is 1. The lowest BCUT2D eigenvalue weighted by atomic mass is 9.90. The number of hydrogen-bond donors (Lipinski definition) is 5. The van der Waals surface area contributed by atoms with Gasteiger partial charge in [-0.2, -0.15) is 15.0 Å². The smallest absolute Gasteiger partial charge is 0.336 e. The van der Waals surface area contributed by atoms with E-state index in [4.69, 9.17) is 25.1 Å². The van der Waals surface area contributed by atoms with Crippen molar-refractivity contribution in [2.45, 2.75) is 52.1 Å². The van der Waals surface area contributed by atoms with E-state index >= 15 is 0 Å². The first-order chi connectivity index (χ1) is 34.3. The number of nitrogens with one attached hydrogen (secondary N) is 1. The van der Waals surface area contributed by atoms with E-state index in [1.54, 1.807) is 55.8 Å². The predicted molar refractivity (Wildman–Crippen MR) is 261 cm³/mol. The van der Waals surface area contributed by atoms with Gasteiger partial charge in [-0.05, 0) is 73.7 Å². The monoisotopic (exact) mass is 969 g/mol. The van der Waals surface area contributed by atoms with E-state index in [2.05, 4.69) is 25.9 Å². The molecule has 0 unspecified atom stereocenters. The van der Waals surface area contributed by atoms with Crippen LogP contribution in [0.25, 0.3) is 33.4 Å². The second-order valence-corrected chi connectivity index (χ2v) is 18.0. The number of aromatic hydroxyl groups is 1. The molecule has 2 saturated heterocycles. The Morgan fingerprint density at radius 2 is 1.48 bits per heavy atom. The molecule has 3 aliphatic heterocycles. The van der Waals surface area contributed by atoms with E-state index in [-0.39, 0.29) is 64.9 Å². The average Bonchev–Trinajstić information content (AvgIpc) is 4.02. The first-order valence-corrected chi connectivity index (χ1v) is 23.6. The fraction of sp³-hybridized carbons (Fsp3) is 0.396. The Morgan fingerprint density at radius 1 is 0.789 bits per heavy atom. The standard InChI is InChI=1S/C48H55N15O8/c1-29(2)43(63-27-32(12-22-64)55-57-63)44(68)59-16-20-61(21-17-59)48-52-46(51-47(53-48)60-18-14-58(15-19-60)41(67)28-62-26-31(54-56-62)5-3-4-13-49)50-30-6-9-35(38(23-30)45(69)70)42-36-10-7-33(65)24-39(36)71-40-25-34(66)8-11-37(40)42/h6-11,23-27,29,43,64-65H,3-5,12-22,28,49H2,1-2H3,(H,69,70)(H,50,51,52,53)/t43-/m0/s1. The van der Waals surface area contributed by atoms with Gasteiger partial charge in [0, 0.05) is 112 Å². The number of unbranched alkanes of at least 4 members (excludes halogenated alkanes) is 1. The Bertz CT molecular complexity index is 3080. The van der Waals surface area contributed by atoms with Crippen molar-refractivity contribution in [3.63, 3.8) is 0 Å². The Kier molecular flexibility index (Phi) is 14.1. The first kappa shape index (κ1) is 48.0. The van der Waals surface area contributed by atoms with Gasteiger partial charge in [-0.1, -0.05) is 30.3 Å². The van der Waals surface area contributed by atoms with E-state index in [0.29, 0.717) is 111 Å². The Morgan fingerprint density at radius 3 is 2.17 bits per heavy atom. The van der Waals surface area contributed by atoms with Crippen molar-refractivity contribution < 1.29 is 34.1 Å². The molecule has 23 nitrogen and oxygen atoms in total. The summed E-state index contributed by atoms with van der Waals surface area (Å²) in [7, 11) is 0. The number of hydrogen-bond acceptors (Lipinski definition) is 18. The molecule has 0 saturated carbocycles. The van der Waals surface area contributed by atoms with Gasteiger partial charge in [0.05, 0.1) is 17.0 Å². The van der Waals surface area contributed by atoms with Crippen LogP contribution in [-0.4, -0.2) is 153 Å². The number of aromatic nitrogens is 9. The molecule has 0 bridgehead atoms. The summed E-state index contributed by atoms with van der Waals surface area (Å²) in [5.74, 6) is -0.530. The summed E-state index contributed by atoms with van der Waals surface area (Å²) < 4.78 is 9.13. The molecular weight excluding hydrogens is 915 g/mol. The van der Waals surface area contributed by atoms with Crippen molar-refractivity contribution in [1.82, 2.24) is 54.7 Å². The van der Waals surface area contributed by atoms with Crippen LogP contribution in [-0.2, 0) is 29.0 Å². The molecule has 2 aromatic carbocycles. The largest absolute Gasteiger partial charge is 0.508 e. The van der Waals surface area contributed by atoms with Gasteiger partial charge in [-0.25, -0.2) is 14.2 Å². The lowest BCUT2D eigenvalue weighted by Gasteiger charge is -2.38.